The maximum Gasteiger partial charge on any atom is 2.00 e. The number of aryl methyl sites for hydroxylation is 18. The minimum atomic E-state index is 0. The number of allylic oxidation sites excluding steroid dienone is 2. The molecule has 10 rings (SSSR count). The smallest absolute Gasteiger partial charge is 0.624 e. The summed E-state index contributed by atoms with van der Waals surface area (Å²) < 4.78 is 40.2. The van der Waals surface area contributed by atoms with Crippen molar-refractivity contribution in [2.75, 3.05) is 0 Å². The monoisotopic (exact) mass is 1320 g/mol. The molecule has 492 valence electrons. The van der Waals surface area contributed by atoms with Crippen LogP contribution in [-0.2, 0) is 19.5 Å². The second-order valence-corrected chi connectivity index (χ2v) is 27.8. The Balaban J connectivity index is 0.000000241. The topological polar surface area (TPSA) is 108 Å². The predicted octanol–water partition coefficient (Wildman–Crippen LogP) is 22.3. The molecule has 0 saturated heterocycles. The zero-order valence-electron chi connectivity index (χ0n) is 61.5. The third kappa shape index (κ3) is 16.3. The van der Waals surface area contributed by atoms with Gasteiger partial charge in [-0.3, -0.25) is 0 Å². The molecule has 0 spiro atoms. The van der Waals surface area contributed by atoms with Crippen LogP contribution >= 0.6 is 0 Å². The average molecular weight is 1330 g/mol. The van der Waals surface area contributed by atoms with Crippen molar-refractivity contribution in [1.29, 1.82) is 0 Å². The van der Waals surface area contributed by atoms with Crippen LogP contribution in [0.2, 0.25) is 0 Å². The van der Waals surface area contributed by atoms with Crippen LogP contribution in [0.25, 0.3) is 11.5 Å². The molecule has 2 aliphatic rings. The van der Waals surface area contributed by atoms with Crippen molar-refractivity contribution in [1.82, 2.24) is 9.97 Å². The van der Waals surface area contributed by atoms with E-state index in [0.717, 1.165) is 146 Å². The molecule has 0 fully saturated rings. The van der Waals surface area contributed by atoms with Crippen molar-refractivity contribution < 1.29 is 47.9 Å². The first-order valence-electron chi connectivity index (χ1n) is 33.2. The van der Waals surface area contributed by atoms with Gasteiger partial charge in [0, 0.05) is 23.9 Å². The summed E-state index contributed by atoms with van der Waals surface area (Å²) in [6.07, 6.45) is 4.09. The summed E-state index contributed by atoms with van der Waals surface area (Å²) >= 11 is 0. The van der Waals surface area contributed by atoms with Gasteiger partial charge in [0.2, 0.25) is 11.8 Å². The fourth-order valence-electron chi connectivity index (χ4n) is 13.3. The van der Waals surface area contributed by atoms with Gasteiger partial charge in [-0.15, -0.1) is 0 Å². The Labute approximate surface area is 579 Å². The van der Waals surface area contributed by atoms with Crippen LogP contribution in [0.5, 0.6) is 46.3 Å². The molecule has 4 heterocycles. The summed E-state index contributed by atoms with van der Waals surface area (Å²) in [5.41, 5.74) is 27.1. The van der Waals surface area contributed by atoms with Gasteiger partial charge in [-0.25, -0.2) is 9.98 Å². The van der Waals surface area contributed by atoms with E-state index in [2.05, 4.69) is 253 Å². The third-order valence-electron chi connectivity index (χ3n) is 17.3. The Hall–Kier alpha value is -8.40. The number of benzene rings is 6. The molecule has 0 N–H and O–H groups in total. The molecule has 0 atom stereocenters. The number of rotatable bonds is 16. The van der Waals surface area contributed by atoms with Gasteiger partial charge < -0.3 is 38.4 Å². The molecule has 6 aromatic carbocycles. The van der Waals surface area contributed by atoms with Crippen LogP contribution in [0, 0.1) is 136 Å². The maximum atomic E-state index is 7.02. The Morgan fingerprint density at radius 3 is 0.737 bits per heavy atom. The zero-order valence-corrected chi connectivity index (χ0v) is 64.5. The molecule has 11 heteroatoms. The fraction of sp³-hybridized carbons (Fsp3) is 0.357. The molecule has 95 heavy (non-hydrogen) atoms. The van der Waals surface area contributed by atoms with Crippen LogP contribution in [0.15, 0.2) is 130 Å². The molecule has 10 nitrogen and oxygen atoms in total. The Morgan fingerprint density at radius 1 is 0.295 bits per heavy atom. The molecule has 0 saturated carbocycles. The number of ether oxygens (including phenoxy) is 6. The van der Waals surface area contributed by atoms with Crippen molar-refractivity contribution in [3.8, 4) is 46.3 Å². The summed E-state index contributed by atoms with van der Waals surface area (Å²) in [5, 5.41) is 0. The van der Waals surface area contributed by atoms with Crippen molar-refractivity contribution in [2.45, 2.75) is 192 Å². The molecular weight excluding hydrogens is 1230 g/mol. The van der Waals surface area contributed by atoms with Gasteiger partial charge in [0.05, 0.1) is 0 Å². The maximum absolute atomic E-state index is 7.02. The zero-order chi connectivity index (χ0) is 68.6. The molecule has 2 aliphatic heterocycles. The number of nitrogens with zero attached hydrogens (tertiary/aromatic N) is 4. The summed E-state index contributed by atoms with van der Waals surface area (Å²) in [6, 6.07) is 29.8. The van der Waals surface area contributed by atoms with Crippen molar-refractivity contribution in [3.63, 3.8) is 0 Å². The number of hydrogen-bond donors (Lipinski definition) is 0. The van der Waals surface area contributed by atoms with Gasteiger partial charge >= 0.3 is 19.5 Å². The summed E-state index contributed by atoms with van der Waals surface area (Å²) in [6.45, 7) is 55.0. The Kier molecular flexibility index (Phi) is 22.7. The van der Waals surface area contributed by atoms with Gasteiger partial charge in [-0.05, 0) is 238 Å². The number of hydrogen-bond acceptors (Lipinski definition) is 8. The SMILES string of the molecule is Cc1cc(C)c(OC2=N/C(=C(/Oc3c(C)cc(C)cc3C)c3[n-]c(Oc4c(C)cc(C)cc4C)cc3C(C)C)C(C(C)C)=C2)c(C)c1.Cc1cc(C)c(OC2=N/C(=C(/Oc3c(C)cc(C)cc3C)c3[n-]c(Oc4c(C)cc(C)cc4C)cc3C(C)C)C(C(C)C)=C2)c(C)c1.[Zn+2]. The Bertz CT molecular complexity index is 4050. The second-order valence-electron chi connectivity index (χ2n) is 27.8. The van der Waals surface area contributed by atoms with Crippen LogP contribution in [0.3, 0.4) is 0 Å². The first kappa shape index (κ1) is 72.4. The van der Waals surface area contributed by atoms with Gasteiger partial charge in [-0.2, -0.15) is 0 Å². The quantitative estimate of drug-likeness (QED) is 0.0695. The van der Waals surface area contributed by atoms with E-state index in [4.69, 9.17) is 48.4 Å². The molecule has 0 amide bonds. The van der Waals surface area contributed by atoms with Gasteiger partial charge in [0.25, 0.3) is 0 Å². The van der Waals surface area contributed by atoms with Gasteiger partial charge in [0.1, 0.15) is 57.4 Å². The van der Waals surface area contributed by atoms with E-state index in [1.165, 1.54) is 33.4 Å². The molecule has 0 radical (unpaired) electrons. The Morgan fingerprint density at radius 2 is 0.516 bits per heavy atom. The molecule has 0 bridgehead atoms. The van der Waals surface area contributed by atoms with E-state index < -0.39 is 0 Å². The molecule has 0 unspecified atom stereocenters. The van der Waals surface area contributed by atoms with E-state index in [1.54, 1.807) is 0 Å². The van der Waals surface area contributed by atoms with Crippen LogP contribution in [-0.4, -0.2) is 11.8 Å². The second kappa shape index (κ2) is 29.7. The van der Waals surface area contributed by atoms with E-state index >= 15 is 0 Å². The molecular formula is C84H98N4O6Zn. The summed E-state index contributed by atoms with van der Waals surface area (Å²) in [4.78, 5) is 20.6. The normalized spacial score (nSPS) is 14.0. The van der Waals surface area contributed by atoms with E-state index in [0.29, 0.717) is 35.1 Å². The standard InChI is InChI=1S/2C42H49N2O3.Zn/c2*1-22(2)33-20-35(45-39-27(8)14-24(5)15-28(39)9)43-37(33)42(47-41-31(12)18-26(7)19-32(41)13)38-34(23(3)4)21-36(44-38)46-40-29(10)16-25(6)17-30(40)11;/h2*14-23H,1-13H3;/q2*-1;+2/b2*42-37+;. The average Bonchev–Trinajstić information content (AvgIpc) is 1.64. The third-order valence-corrected chi connectivity index (χ3v) is 17.3. The fourth-order valence-corrected chi connectivity index (χ4v) is 13.3. The van der Waals surface area contributed by atoms with Crippen molar-refractivity contribution in [3.05, 3.63) is 242 Å². The minimum absolute atomic E-state index is 0. The minimum Gasteiger partial charge on any atom is -0.624 e. The first-order valence-corrected chi connectivity index (χ1v) is 33.2. The van der Waals surface area contributed by atoms with Crippen LogP contribution < -0.4 is 38.4 Å². The van der Waals surface area contributed by atoms with Crippen LogP contribution in [0.4, 0.5) is 0 Å². The van der Waals surface area contributed by atoms with E-state index in [1.807, 2.05) is 24.3 Å². The van der Waals surface area contributed by atoms with E-state index in [9.17, 15) is 0 Å². The molecule has 0 aliphatic carbocycles. The predicted molar refractivity (Wildman–Crippen MR) is 389 cm³/mol. The van der Waals surface area contributed by atoms with Gasteiger partial charge in [-0.1, -0.05) is 184 Å². The first-order chi connectivity index (χ1) is 44.2. The molecule has 8 aromatic rings. The van der Waals surface area contributed by atoms with Crippen molar-refractivity contribution >= 4 is 23.3 Å². The number of aromatic nitrogens is 2. The van der Waals surface area contributed by atoms with Crippen molar-refractivity contribution in [2.24, 2.45) is 21.8 Å². The summed E-state index contributed by atoms with van der Waals surface area (Å²) in [7, 11) is 0. The van der Waals surface area contributed by atoms with Gasteiger partial charge in [0.15, 0.2) is 0 Å². The van der Waals surface area contributed by atoms with E-state index in [-0.39, 0.29) is 43.1 Å². The van der Waals surface area contributed by atoms with Crippen LogP contribution in [0.1, 0.15) is 190 Å². The molecule has 2 aromatic heterocycles. The largest absolute Gasteiger partial charge is 2.00 e. The number of aliphatic imine (C=N–C) groups is 2. The summed E-state index contributed by atoms with van der Waals surface area (Å²) in [5.74, 6) is 8.91.